The van der Waals surface area contributed by atoms with Gasteiger partial charge in [-0.05, 0) is 51.0 Å². The molecule has 1 aromatic rings. The molecule has 0 saturated carbocycles. The Hall–Kier alpha value is -1.62. The summed E-state index contributed by atoms with van der Waals surface area (Å²) in [5.41, 5.74) is 0.120. The van der Waals surface area contributed by atoms with Crippen molar-refractivity contribution in [2.75, 3.05) is 26.7 Å². The van der Waals surface area contributed by atoms with Crippen molar-refractivity contribution in [2.45, 2.75) is 12.8 Å². The Labute approximate surface area is 112 Å². The molecule has 0 atom stereocenters. The number of phenolic OH excluding ortho intramolecular Hbond substituents is 1. The van der Waals surface area contributed by atoms with Gasteiger partial charge < -0.3 is 15.3 Å². The summed E-state index contributed by atoms with van der Waals surface area (Å²) < 4.78 is 12.8. The van der Waals surface area contributed by atoms with Gasteiger partial charge in [0.05, 0.1) is 5.56 Å². The highest BCUT2D eigenvalue weighted by atomic mass is 19.1. The predicted molar refractivity (Wildman–Crippen MR) is 70.6 cm³/mol. The molecular weight excluding hydrogens is 247 g/mol. The molecule has 0 bridgehead atoms. The molecule has 2 N–H and O–H groups in total. The maximum absolute atomic E-state index is 12.8. The molecule has 104 valence electrons. The molecule has 0 aromatic heterocycles. The van der Waals surface area contributed by atoms with E-state index in [-0.39, 0.29) is 17.2 Å². The summed E-state index contributed by atoms with van der Waals surface area (Å²) in [7, 11) is 2.09. The smallest absolute Gasteiger partial charge is 0.255 e. The zero-order valence-electron chi connectivity index (χ0n) is 11.0. The Bertz CT molecular complexity index is 457. The van der Waals surface area contributed by atoms with E-state index in [2.05, 4.69) is 17.3 Å². The normalized spacial score (nSPS) is 17.4. The van der Waals surface area contributed by atoms with Gasteiger partial charge in [-0.25, -0.2) is 4.39 Å². The van der Waals surface area contributed by atoms with Gasteiger partial charge in [-0.1, -0.05) is 0 Å². The lowest BCUT2D eigenvalue weighted by atomic mass is 9.97. The number of carbonyl (C=O) groups is 1. The fraction of sp³-hybridized carbons (Fsp3) is 0.500. The monoisotopic (exact) mass is 266 g/mol. The predicted octanol–water partition coefficient (Wildman–Crippen LogP) is 1.60. The van der Waals surface area contributed by atoms with Crippen molar-refractivity contribution in [2.24, 2.45) is 5.92 Å². The lowest BCUT2D eigenvalue weighted by molar-refractivity contribution is 0.0936. The minimum Gasteiger partial charge on any atom is -0.507 e. The van der Waals surface area contributed by atoms with Gasteiger partial charge in [0.25, 0.3) is 5.91 Å². The fourth-order valence-electron chi connectivity index (χ4n) is 2.30. The van der Waals surface area contributed by atoms with E-state index in [1.807, 2.05) is 0 Å². The summed E-state index contributed by atoms with van der Waals surface area (Å²) in [5, 5.41) is 12.3. The van der Waals surface area contributed by atoms with Gasteiger partial charge in [-0.2, -0.15) is 0 Å². The van der Waals surface area contributed by atoms with E-state index in [4.69, 9.17) is 0 Å². The Morgan fingerprint density at radius 3 is 2.79 bits per heavy atom. The standard InChI is InChI=1S/C14H19FN2O2/c1-17-6-4-10(5-7-17)9-16-14(19)12-3-2-11(15)8-13(12)18/h2-3,8,10,18H,4-7,9H2,1H3,(H,16,19). The average Bonchev–Trinajstić information content (AvgIpc) is 2.37. The molecule has 1 fully saturated rings. The van der Waals surface area contributed by atoms with Gasteiger partial charge in [0.2, 0.25) is 0 Å². The Morgan fingerprint density at radius 2 is 2.16 bits per heavy atom. The van der Waals surface area contributed by atoms with Crippen LogP contribution in [-0.4, -0.2) is 42.6 Å². The maximum Gasteiger partial charge on any atom is 0.255 e. The highest BCUT2D eigenvalue weighted by molar-refractivity contribution is 5.96. The van der Waals surface area contributed by atoms with Gasteiger partial charge in [0.1, 0.15) is 11.6 Å². The molecule has 1 amide bonds. The number of hydrogen-bond acceptors (Lipinski definition) is 3. The van der Waals surface area contributed by atoms with Gasteiger partial charge in [-0.3, -0.25) is 4.79 Å². The SMILES string of the molecule is CN1CCC(CNC(=O)c2ccc(F)cc2O)CC1. The highest BCUT2D eigenvalue weighted by Gasteiger charge is 2.18. The number of hydrogen-bond donors (Lipinski definition) is 2. The quantitative estimate of drug-likeness (QED) is 0.874. The summed E-state index contributed by atoms with van der Waals surface area (Å²) in [4.78, 5) is 14.1. The summed E-state index contributed by atoms with van der Waals surface area (Å²) in [6.45, 7) is 2.69. The number of carbonyl (C=O) groups excluding carboxylic acids is 1. The van der Waals surface area contributed by atoms with Crippen LogP contribution in [0.25, 0.3) is 0 Å². The molecule has 19 heavy (non-hydrogen) atoms. The number of piperidine rings is 1. The van der Waals surface area contributed by atoms with Crippen LogP contribution in [0.3, 0.4) is 0 Å². The fourth-order valence-corrected chi connectivity index (χ4v) is 2.30. The van der Waals surface area contributed by atoms with Crippen LogP contribution in [0.2, 0.25) is 0 Å². The molecule has 0 unspecified atom stereocenters. The van der Waals surface area contributed by atoms with Gasteiger partial charge in [0.15, 0.2) is 0 Å². The number of aromatic hydroxyl groups is 1. The minimum atomic E-state index is -0.552. The zero-order valence-corrected chi connectivity index (χ0v) is 11.0. The van der Waals surface area contributed by atoms with Crippen molar-refractivity contribution < 1.29 is 14.3 Å². The molecule has 0 spiro atoms. The lowest BCUT2D eigenvalue weighted by Gasteiger charge is -2.28. The molecular formula is C14H19FN2O2. The van der Waals surface area contributed by atoms with E-state index >= 15 is 0 Å². The van der Waals surface area contributed by atoms with E-state index in [1.165, 1.54) is 12.1 Å². The maximum atomic E-state index is 12.8. The van der Waals surface area contributed by atoms with E-state index in [0.29, 0.717) is 12.5 Å². The molecule has 0 aliphatic carbocycles. The summed E-state index contributed by atoms with van der Waals surface area (Å²) in [6, 6.07) is 3.42. The third kappa shape index (κ3) is 3.67. The Balaban J connectivity index is 1.87. The minimum absolute atomic E-state index is 0.120. The van der Waals surface area contributed by atoms with Crippen LogP contribution in [0.1, 0.15) is 23.2 Å². The first kappa shape index (κ1) is 13.8. The Kier molecular flexibility index (Phi) is 4.37. The number of benzene rings is 1. The largest absolute Gasteiger partial charge is 0.507 e. The third-order valence-electron chi connectivity index (χ3n) is 3.59. The molecule has 1 saturated heterocycles. The van der Waals surface area contributed by atoms with Crippen molar-refractivity contribution in [3.8, 4) is 5.75 Å². The van der Waals surface area contributed by atoms with Crippen LogP contribution in [0.4, 0.5) is 4.39 Å². The van der Waals surface area contributed by atoms with Crippen LogP contribution in [-0.2, 0) is 0 Å². The van der Waals surface area contributed by atoms with Crippen molar-refractivity contribution in [3.05, 3.63) is 29.6 Å². The first-order valence-corrected chi connectivity index (χ1v) is 6.51. The summed E-state index contributed by atoms with van der Waals surface area (Å²) in [6.07, 6.45) is 2.12. The second-order valence-corrected chi connectivity index (χ2v) is 5.12. The highest BCUT2D eigenvalue weighted by Crippen LogP contribution is 2.19. The molecule has 2 rings (SSSR count). The molecule has 4 nitrogen and oxygen atoms in total. The first-order chi connectivity index (χ1) is 9.06. The number of phenols is 1. The number of nitrogens with one attached hydrogen (secondary N) is 1. The van der Waals surface area contributed by atoms with Gasteiger partial charge >= 0.3 is 0 Å². The average molecular weight is 266 g/mol. The summed E-state index contributed by atoms with van der Waals surface area (Å²) >= 11 is 0. The van der Waals surface area contributed by atoms with Crippen LogP contribution < -0.4 is 5.32 Å². The first-order valence-electron chi connectivity index (χ1n) is 6.51. The van der Waals surface area contributed by atoms with Crippen molar-refractivity contribution in [1.82, 2.24) is 10.2 Å². The van der Waals surface area contributed by atoms with E-state index in [1.54, 1.807) is 0 Å². The molecule has 1 aliphatic heterocycles. The van der Waals surface area contributed by atoms with E-state index in [9.17, 15) is 14.3 Å². The zero-order chi connectivity index (χ0) is 13.8. The van der Waals surface area contributed by atoms with Crippen LogP contribution >= 0.6 is 0 Å². The number of likely N-dealkylation sites (tertiary alicyclic amines) is 1. The van der Waals surface area contributed by atoms with Gasteiger partial charge in [-0.15, -0.1) is 0 Å². The van der Waals surface area contributed by atoms with Crippen LogP contribution in [0.15, 0.2) is 18.2 Å². The lowest BCUT2D eigenvalue weighted by Crippen LogP contribution is -2.36. The van der Waals surface area contributed by atoms with E-state index in [0.717, 1.165) is 32.0 Å². The number of halogens is 1. The topological polar surface area (TPSA) is 52.6 Å². The second kappa shape index (κ2) is 6.02. The molecule has 0 radical (unpaired) electrons. The number of rotatable bonds is 3. The van der Waals surface area contributed by atoms with Gasteiger partial charge in [0, 0.05) is 12.6 Å². The second-order valence-electron chi connectivity index (χ2n) is 5.12. The molecule has 1 aromatic carbocycles. The van der Waals surface area contributed by atoms with Crippen molar-refractivity contribution in [1.29, 1.82) is 0 Å². The van der Waals surface area contributed by atoms with Crippen molar-refractivity contribution >= 4 is 5.91 Å². The third-order valence-corrected chi connectivity index (χ3v) is 3.59. The molecule has 1 heterocycles. The number of nitrogens with zero attached hydrogens (tertiary/aromatic N) is 1. The van der Waals surface area contributed by atoms with E-state index < -0.39 is 5.82 Å². The summed E-state index contributed by atoms with van der Waals surface area (Å²) in [5.74, 6) is -0.746. The van der Waals surface area contributed by atoms with Crippen LogP contribution in [0, 0.1) is 11.7 Å². The molecule has 1 aliphatic rings. The number of amides is 1. The molecule has 5 heteroatoms. The van der Waals surface area contributed by atoms with Crippen LogP contribution in [0.5, 0.6) is 5.75 Å². The Morgan fingerprint density at radius 1 is 1.47 bits per heavy atom. The van der Waals surface area contributed by atoms with Crippen molar-refractivity contribution in [3.63, 3.8) is 0 Å².